The van der Waals surface area contributed by atoms with E-state index in [0.29, 0.717) is 0 Å². The highest BCUT2D eigenvalue weighted by Crippen LogP contribution is 2.26. The molecule has 0 unspecified atom stereocenters. The van der Waals surface area contributed by atoms with E-state index in [1.165, 1.54) is 37.1 Å². The molecule has 6 nitrogen and oxygen atoms in total. The van der Waals surface area contributed by atoms with Crippen molar-refractivity contribution in [3.63, 3.8) is 0 Å². The van der Waals surface area contributed by atoms with Crippen LogP contribution in [0.4, 0.5) is 5.82 Å². The predicted molar refractivity (Wildman–Crippen MR) is 124 cm³/mol. The molecule has 0 saturated carbocycles. The van der Waals surface area contributed by atoms with Gasteiger partial charge in [0.1, 0.15) is 12.1 Å². The van der Waals surface area contributed by atoms with Crippen LogP contribution >= 0.6 is 12.2 Å². The third-order valence-corrected chi connectivity index (χ3v) is 6.26. The van der Waals surface area contributed by atoms with Crippen molar-refractivity contribution in [1.29, 1.82) is 0 Å². The maximum atomic E-state index is 5.45. The molecule has 3 heterocycles. The summed E-state index contributed by atoms with van der Waals surface area (Å²) in [6.45, 7) is 7.15. The molecular formula is C23H26N6S. The van der Waals surface area contributed by atoms with Gasteiger partial charge in [-0.15, -0.1) is 0 Å². The van der Waals surface area contributed by atoms with Crippen LogP contribution in [-0.4, -0.2) is 37.5 Å². The summed E-state index contributed by atoms with van der Waals surface area (Å²) in [5, 5.41) is 4.48. The Bertz CT molecular complexity index is 1230. The van der Waals surface area contributed by atoms with Crippen LogP contribution in [0, 0.1) is 4.77 Å². The normalized spacial score (nSPS) is 14.7. The number of rotatable bonds is 6. The Balaban J connectivity index is 1.36. The van der Waals surface area contributed by atoms with Crippen LogP contribution in [0.3, 0.4) is 0 Å². The minimum Gasteiger partial charge on any atom is -0.365 e. The number of likely N-dealkylation sites (tertiary alicyclic amines) is 1. The first-order chi connectivity index (χ1) is 14.7. The van der Waals surface area contributed by atoms with Crippen LogP contribution in [0.15, 0.2) is 42.7 Å². The van der Waals surface area contributed by atoms with E-state index in [2.05, 4.69) is 73.1 Å². The Kier molecular flexibility index (Phi) is 5.23. The van der Waals surface area contributed by atoms with Crippen molar-refractivity contribution in [1.82, 2.24) is 24.4 Å². The summed E-state index contributed by atoms with van der Waals surface area (Å²) in [6.07, 6.45) is 4.28. The number of aryl methyl sites for hydroxylation is 1. The zero-order valence-electron chi connectivity index (χ0n) is 17.2. The SMILES string of the molecule is CCn1c(=S)[nH]c2cc3c(NCc4ccc(CN5CCCC5)cc4)ncnc3cc21. The topological polar surface area (TPSA) is 61.8 Å². The maximum absolute atomic E-state index is 5.45. The summed E-state index contributed by atoms with van der Waals surface area (Å²) in [6, 6.07) is 13.1. The lowest BCUT2D eigenvalue weighted by Crippen LogP contribution is -2.18. The Morgan fingerprint density at radius 3 is 2.60 bits per heavy atom. The van der Waals surface area contributed by atoms with Crippen molar-refractivity contribution < 1.29 is 0 Å². The molecular weight excluding hydrogens is 392 g/mol. The van der Waals surface area contributed by atoms with Gasteiger partial charge >= 0.3 is 0 Å². The monoisotopic (exact) mass is 418 g/mol. The fourth-order valence-corrected chi connectivity index (χ4v) is 4.65. The second kappa shape index (κ2) is 8.16. The Morgan fingerprint density at radius 1 is 1.07 bits per heavy atom. The number of hydrogen-bond acceptors (Lipinski definition) is 5. The molecule has 0 spiro atoms. The predicted octanol–water partition coefficient (Wildman–Crippen LogP) is 4.87. The molecule has 0 atom stereocenters. The highest BCUT2D eigenvalue weighted by Gasteiger charge is 2.12. The third kappa shape index (κ3) is 3.70. The molecule has 0 aliphatic carbocycles. The van der Waals surface area contributed by atoms with Crippen LogP contribution in [0.25, 0.3) is 21.9 Å². The quantitative estimate of drug-likeness (QED) is 0.438. The number of nitrogens with one attached hydrogen (secondary N) is 2. The number of H-pyrrole nitrogens is 1. The number of imidazole rings is 1. The number of hydrogen-bond donors (Lipinski definition) is 2. The Labute approximate surface area is 181 Å². The molecule has 1 aliphatic rings. The molecule has 1 aliphatic heterocycles. The average Bonchev–Trinajstić information content (AvgIpc) is 3.38. The number of benzene rings is 2. The van der Waals surface area contributed by atoms with Crippen molar-refractivity contribution in [3.05, 3.63) is 58.6 Å². The fourth-order valence-electron chi connectivity index (χ4n) is 4.31. The smallest absolute Gasteiger partial charge is 0.178 e. The van der Waals surface area contributed by atoms with Gasteiger partial charge in [-0.25, -0.2) is 9.97 Å². The van der Waals surface area contributed by atoms with Gasteiger partial charge in [0.25, 0.3) is 0 Å². The minimum absolute atomic E-state index is 0.722. The van der Waals surface area contributed by atoms with Gasteiger partial charge in [-0.2, -0.15) is 0 Å². The van der Waals surface area contributed by atoms with Gasteiger partial charge < -0.3 is 14.9 Å². The van der Waals surface area contributed by atoms with E-state index in [9.17, 15) is 0 Å². The molecule has 2 N–H and O–H groups in total. The van der Waals surface area contributed by atoms with Crippen LogP contribution in [0.5, 0.6) is 0 Å². The van der Waals surface area contributed by atoms with Gasteiger partial charge in [-0.05, 0) is 68.3 Å². The Morgan fingerprint density at radius 2 is 1.83 bits per heavy atom. The van der Waals surface area contributed by atoms with Gasteiger partial charge in [0.15, 0.2) is 4.77 Å². The molecule has 7 heteroatoms. The number of nitrogens with zero attached hydrogens (tertiary/aromatic N) is 4. The summed E-state index contributed by atoms with van der Waals surface area (Å²) in [4.78, 5) is 14.8. The summed E-state index contributed by atoms with van der Waals surface area (Å²) >= 11 is 5.45. The molecule has 1 saturated heterocycles. The highest BCUT2D eigenvalue weighted by molar-refractivity contribution is 7.71. The number of fused-ring (bicyclic) bond motifs is 2. The van der Waals surface area contributed by atoms with E-state index in [1.807, 2.05) is 0 Å². The molecule has 154 valence electrons. The van der Waals surface area contributed by atoms with Crippen molar-refractivity contribution in [2.24, 2.45) is 0 Å². The van der Waals surface area contributed by atoms with E-state index in [4.69, 9.17) is 12.2 Å². The summed E-state index contributed by atoms with van der Waals surface area (Å²) in [5.41, 5.74) is 5.62. The van der Waals surface area contributed by atoms with Crippen LogP contribution < -0.4 is 5.32 Å². The van der Waals surface area contributed by atoms with E-state index in [0.717, 1.165) is 52.2 Å². The van der Waals surface area contributed by atoms with Gasteiger partial charge in [0, 0.05) is 25.0 Å². The number of aromatic nitrogens is 4. The summed E-state index contributed by atoms with van der Waals surface area (Å²) in [7, 11) is 0. The molecule has 1 fully saturated rings. The van der Waals surface area contributed by atoms with Crippen LogP contribution in [0.2, 0.25) is 0 Å². The Hall–Kier alpha value is -2.77. The van der Waals surface area contributed by atoms with E-state index in [1.54, 1.807) is 6.33 Å². The van der Waals surface area contributed by atoms with Gasteiger partial charge in [-0.3, -0.25) is 4.90 Å². The minimum atomic E-state index is 0.722. The molecule has 4 aromatic rings. The lowest BCUT2D eigenvalue weighted by atomic mass is 10.1. The molecule has 0 bridgehead atoms. The summed E-state index contributed by atoms with van der Waals surface area (Å²) in [5.74, 6) is 0.839. The number of anilines is 1. The zero-order valence-corrected chi connectivity index (χ0v) is 18.0. The lowest BCUT2D eigenvalue weighted by molar-refractivity contribution is 0.331. The van der Waals surface area contributed by atoms with Crippen molar-refractivity contribution in [3.8, 4) is 0 Å². The summed E-state index contributed by atoms with van der Waals surface area (Å²) < 4.78 is 2.82. The van der Waals surface area contributed by atoms with Crippen molar-refractivity contribution >= 4 is 40.0 Å². The molecule has 2 aromatic carbocycles. The van der Waals surface area contributed by atoms with Crippen molar-refractivity contribution in [2.45, 2.75) is 39.4 Å². The first kappa shape index (κ1) is 19.2. The zero-order chi connectivity index (χ0) is 20.5. The number of aromatic amines is 1. The van der Waals surface area contributed by atoms with E-state index >= 15 is 0 Å². The van der Waals surface area contributed by atoms with Gasteiger partial charge in [0.05, 0.1) is 16.6 Å². The van der Waals surface area contributed by atoms with Gasteiger partial charge in [-0.1, -0.05) is 24.3 Å². The van der Waals surface area contributed by atoms with Crippen molar-refractivity contribution in [2.75, 3.05) is 18.4 Å². The third-order valence-electron chi connectivity index (χ3n) is 5.93. The standard InChI is InChI=1S/C23H26N6S/c1-2-29-21-12-19-18(11-20(21)27-23(29)30)22(26-15-25-19)24-13-16-5-7-17(8-6-16)14-28-9-3-4-10-28/h5-8,11-12,15H,2-4,9-10,13-14H2,1H3,(H,27,30)(H,24,25,26). The average molecular weight is 419 g/mol. The van der Waals surface area contributed by atoms with E-state index < -0.39 is 0 Å². The second-order valence-electron chi connectivity index (χ2n) is 7.94. The van der Waals surface area contributed by atoms with Crippen LogP contribution in [-0.2, 0) is 19.6 Å². The first-order valence-corrected chi connectivity index (χ1v) is 11.0. The van der Waals surface area contributed by atoms with E-state index in [-0.39, 0.29) is 0 Å². The molecule has 2 aromatic heterocycles. The van der Waals surface area contributed by atoms with Crippen LogP contribution in [0.1, 0.15) is 30.9 Å². The molecule has 0 radical (unpaired) electrons. The fraction of sp³-hybridized carbons (Fsp3) is 0.348. The lowest BCUT2D eigenvalue weighted by Gasteiger charge is -2.15. The largest absolute Gasteiger partial charge is 0.365 e. The molecule has 0 amide bonds. The molecule has 5 rings (SSSR count). The van der Waals surface area contributed by atoms with Gasteiger partial charge in [0.2, 0.25) is 0 Å². The molecule has 30 heavy (non-hydrogen) atoms. The second-order valence-corrected chi connectivity index (χ2v) is 8.32. The highest BCUT2D eigenvalue weighted by atomic mass is 32.1. The maximum Gasteiger partial charge on any atom is 0.178 e. The first-order valence-electron chi connectivity index (χ1n) is 10.6.